The molecule has 0 spiro atoms. The normalized spacial score (nSPS) is 11.7. The molecule has 100 valence electrons. The maximum atomic E-state index is 11.9. The lowest BCUT2D eigenvalue weighted by atomic mass is 9.81. The number of amides is 1. The standard InChI is InChI=1S/C14H20BrNO2/c1-9(2)14(3,4)8-16-13(18)10-5-6-11(15)12(17)7-10/h5-7,9,17H,8H2,1-4H3,(H,16,18). The second-order valence-electron chi connectivity index (χ2n) is 5.49. The largest absolute Gasteiger partial charge is 0.507 e. The number of aromatic hydroxyl groups is 1. The lowest BCUT2D eigenvalue weighted by Gasteiger charge is -2.29. The molecule has 1 amide bonds. The second kappa shape index (κ2) is 5.74. The third-order valence-electron chi connectivity index (χ3n) is 3.48. The molecule has 0 heterocycles. The molecule has 18 heavy (non-hydrogen) atoms. The number of nitrogens with one attached hydrogen (secondary N) is 1. The molecule has 0 saturated heterocycles. The molecule has 0 atom stereocenters. The zero-order chi connectivity index (χ0) is 13.9. The third kappa shape index (κ3) is 3.73. The lowest BCUT2D eigenvalue weighted by molar-refractivity contribution is 0.0924. The summed E-state index contributed by atoms with van der Waals surface area (Å²) in [6, 6.07) is 4.81. The Bertz CT molecular complexity index is 441. The summed E-state index contributed by atoms with van der Waals surface area (Å²) in [6.07, 6.45) is 0. The van der Waals surface area contributed by atoms with E-state index < -0.39 is 0 Å². The van der Waals surface area contributed by atoms with E-state index in [0.717, 1.165) is 0 Å². The van der Waals surface area contributed by atoms with E-state index >= 15 is 0 Å². The maximum absolute atomic E-state index is 11.9. The van der Waals surface area contributed by atoms with Gasteiger partial charge in [-0.25, -0.2) is 0 Å². The summed E-state index contributed by atoms with van der Waals surface area (Å²) in [4.78, 5) is 11.9. The molecule has 3 nitrogen and oxygen atoms in total. The van der Waals surface area contributed by atoms with E-state index in [4.69, 9.17) is 0 Å². The first-order valence-corrected chi connectivity index (χ1v) is 6.80. The fourth-order valence-corrected chi connectivity index (χ4v) is 1.51. The molecular weight excluding hydrogens is 294 g/mol. The van der Waals surface area contributed by atoms with Crippen LogP contribution >= 0.6 is 15.9 Å². The highest BCUT2D eigenvalue weighted by atomic mass is 79.9. The lowest BCUT2D eigenvalue weighted by Crippen LogP contribution is -2.36. The molecule has 1 rings (SSSR count). The van der Waals surface area contributed by atoms with Crippen molar-refractivity contribution in [1.29, 1.82) is 0 Å². The summed E-state index contributed by atoms with van der Waals surface area (Å²) < 4.78 is 0.585. The van der Waals surface area contributed by atoms with Crippen molar-refractivity contribution in [2.24, 2.45) is 11.3 Å². The average molecular weight is 314 g/mol. The number of rotatable bonds is 4. The number of phenolic OH excluding ortho intramolecular Hbond substituents is 1. The van der Waals surface area contributed by atoms with Crippen LogP contribution in [0, 0.1) is 11.3 Å². The Morgan fingerprint density at radius 2 is 2.06 bits per heavy atom. The molecule has 4 heteroatoms. The number of phenols is 1. The SMILES string of the molecule is CC(C)C(C)(C)CNC(=O)c1ccc(Br)c(O)c1. The molecule has 0 aliphatic heterocycles. The van der Waals surface area contributed by atoms with Crippen LogP contribution in [0.4, 0.5) is 0 Å². The summed E-state index contributed by atoms with van der Waals surface area (Å²) in [6.45, 7) is 9.13. The predicted octanol–water partition coefficient (Wildman–Crippen LogP) is 3.57. The van der Waals surface area contributed by atoms with Gasteiger partial charge < -0.3 is 10.4 Å². The van der Waals surface area contributed by atoms with Gasteiger partial charge in [-0.05, 0) is 45.5 Å². The van der Waals surface area contributed by atoms with Crippen LogP contribution in [0.3, 0.4) is 0 Å². The third-order valence-corrected chi connectivity index (χ3v) is 4.15. The van der Waals surface area contributed by atoms with Gasteiger partial charge in [0.15, 0.2) is 0 Å². The Balaban J connectivity index is 2.69. The van der Waals surface area contributed by atoms with Crippen LogP contribution in [0.5, 0.6) is 5.75 Å². The minimum absolute atomic E-state index is 0.0487. The van der Waals surface area contributed by atoms with Crippen molar-refractivity contribution in [3.63, 3.8) is 0 Å². The molecule has 0 fully saturated rings. The van der Waals surface area contributed by atoms with Crippen molar-refractivity contribution >= 4 is 21.8 Å². The highest BCUT2D eigenvalue weighted by Crippen LogP contribution is 2.26. The second-order valence-corrected chi connectivity index (χ2v) is 6.35. The van der Waals surface area contributed by atoms with Crippen LogP contribution < -0.4 is 5.32 Å². The summed E-state index contributed by atoms with van der Waals surface area (Å²) in [5, 5.41) is 12.4. The summed E-state index contributed by atoms with van der Waals surface area (Å²) in [5.74, 6) is 0.397. The van der Waals surface area contributed by atoms with E-state index in [1.807, 2.05) is 0 Å². The number of hydrogen-bond acceptors (Lipinski definition) is 2. The zero-order valence-electron chi connectivity index (χ0n) is 11.2. The molecule has 0 radical (unpaired) electrons. The number of benzene rings is 1. The van der Waals surface area contributed by atoms with E-state index in [1.165, 1.54) is 6.07 Å². The topological polar surface area (TPSA) is 49.3 Å². The van der Waals surface area contributed by atoms with Crippen molar-refractivity contribution < 1.29 is 9.90 Å². The van der Waals surface area contributed by atoms with Crippen LogP contribution in [-0.4, -0.2) is 17.6 Å². The van der Waals surface area contributed by atoms with Crippen LogP contribution in [-0.2, 0) is 0 Å². The molecule has 0 aliphatic carbocycles. The Morgan fingerprint density at radius 3 is 2.56 bits per heavy atom. The van der Waals surface area contributed by atoms with E-state index in [9.17, 15) is 9.90 Å². The van der Waals surface area contributed by atoms with Gasteiger partial charge in [0.2, 0.25) is 0 Å². The zero-order valence-corrected chi connectivity index (χ0v) is 12.8. The van der Waals surface area contributed by atoms with Crippen molar-refractivity contribution in [3.8, 4) is 5.75 Å². The van der Waals surface area contributed by atoms with Crippen molar-refractivity contribution in [2.45, 2.75) is 27.7 Å². The summed E-state index contributed by atoms with van der Waals surface area (Å²) in [5.41, 5.74) is 0.517. The molecule has 0 unspecified atom stereocenters. The van der Waals surface area contributed by atoms with Gasteiger partial charge in [-0.15, -0.1) is 0 Å². The molecule has 0 aromatic heterocycles. The number of carbonyl (C=O) groups excluding carboxylic acids is 1. The molecule has 0 aliphatic rings. The molecular formula is C14H20BrNO2. The van der Waals surface area contributed by atoms with Gasteiger partial charge in [-0.2, -0.15) is 0 Å². The molecule has 0 bridgehead atoms. The molecule has 0 saturated carbocycles. The summed E-state index contributed by atoms with van der Waals surface area (Å²) in [7, 11) is 0. The number of hydrogen-bond donors (Lipinski definition) is 2. The van der Waals surface area contributed by atoms with E-state index in [-0.39, 0.29) is 17.1 Å². The van der Waals surface area contributed by atoms with Gasteiger partial charge >= 0.3 is 0 Å². The van der Waals surface area contributed by atoms with Gasteiger partial charge in [-0.1, -0.05) is 27.7 Å². The first kappa shape index (κ1) is 15.0. The number of carbonyl (C=O) groups is 1. The van der Waals surface area contributed by atoms with Gasteiger partial charge in [0.25, 0.3) is 5.91 Å². The highest BCUT2D eigenvalue weighted by Gasteiger charge is 2.23. The molecule has 2 N–H and O–H groups in total. The van der Waals surface area contributed by atoms with Crippen LogP contribution in [0.25, 0.3) is 0 Å². The quantitative estimate of drug-likeness (QED) is 0.892. The van der Waals surface area contributed by atoms with Crippen LogP contribution in [0.2, 0.25) is 0 Å². The average Bonchev–Trinajstić information content (AvgIpc) is 2.29. The van der Waals surface area contributed by atoms with E-state index in [0.29, 0.717) is 22.5 Å². The van der Waals surface area contributed by atoms with Crippen molar-refractivity contribution in [2.75, 3.05) is 6.54 Å². The monoisotopic (exact) mass is 313 g/mol. The maximum Gasteiger partial charge on any atom is 0.251 e. The summed E-state index contributed by atoms with van der Waals surface area (Å²) >= 11 is 3.19. The smallest absolute Gasteiger partial charge is 0.251 e. The first-order chi connectivity index (χ1) is 8.24. The fraction of sp³-hybridized carbons (Fsp3) is 0.500. The van der Waals surface area contributed by atoms with Crippen molar-refractivity contribution in [3.05, 3.63) is 28.2 Å². The minimum atomic E-state index is -0.161. The van der Waals surface area contributed by atoms with Gasteiger partial charge in [0.05, 0.1) is 4.47 Å². The highest BCUT2D eigenvalue weighted by molar-refractivity contribution is 9.10. The van der Waals surface area contributed by atoms with E-state index in [2.05, 4.69) is 48.9 Å². The van der Waals surface area contributed by atoms with Crippen molar-refractivity contribution in [1.82, 2.24) is 5.32 Å². The minimum Gasteiger partial charge on any atom is -0.507 e. The van der Waals surface area contributed by atoms with Crippen LogP contribution in [0.15, 0.2) is 22.7 Å². The Hall–Kier alpha value is -1.03. The molecule has 1 aromatic rings. The Kier molecular flexibility index (Phi) is 4.79. The first-order valence-electron chi connectivity index (χ1n) is 6.01. The van der Waals surface area contributed by atoms with Gasteiger partial charge in [0.1, 0.15) is 5.75 Å². The van der Waals surface area contributed by atoms with Gasteiger partial charge in [-0.3, -0.25) is 4.79 Å². The predicted molar refractivity (Wildman–Crippen MR) is 76.8 cm³/mol. The molecule has 1 aromatic carbocycles. The van der Waals surface area contributed by atoms with E-state index in [1.54, 1.807) is 12.1 Å². The fourth-order valence-electron chi connectivity index (χ4n) is 1.27. The number of halogens is 1. The van der Waals surface area contributed by atoms with Gasteiger partial charge in [0, 0.05) is 12.1 Å². The van der Waals surface area contributed by atoms with Crippen LogP contribution in [0.1, 0.15) is 38.1 Å². The Labute approximate surface area is 117 Å². The Morgan fingerprint density at radius 1 is 1.44 bits per heavy atom.